The Hall–Kier alpha value is -2.55. The second-order valence-electron chi connectivity index (χ2n) is 5.81. The first-order valence-electron chi connectivity index (χ1n) is 8.05. The number of unbranched alkanes of at least 4 members (excludes halogenated alkanes) is 2. The summed E-state index contributed by atoms with van der Waals surface area (Å²) in [5.41, 5.74) is 2.60. The van der Waals surface area contributed by atoms with Gasteiger partial charge in [0.25, 0.3) is 0 Å². The number of nitrogens with zero attached hydrogens (tertiary/aromatic N) is 1. The number of ketones is 1. The van der Waals surface area contributed by atoms with Gasteiger partial charge in [-0.15, -0.1) is 0 Å². The summed E-state index contributed by atoms with van der Waals surface area (Å²) in [6.07, 6.45) is 4.20. The van der Waals surface area contributed by atoms with E-state index in [-0.39, 0.29) is 5.78 Å². The highest BCUT2D eigenvalue weighted by Crippen LogP contribution is 2.24. The van der Waals surface area contributed by atoms with Crippen molar-refractivity contribution in [3.05, 3.63) is 53.6 Å². The number of hydrogen-bond donors (Lipinski definition) is 0. The van der Waals surface area contributed by atoms with Crippen LogP contribution in [0, 0.1) is 0 Å². The Kier molecular flexibility index (Phi) is 4.47. The Morgan fingerprint density at radius 1 is 1.04 bits per heavy atom. The van der Waals surface area contributed by atoms with Crippen LogP contribution in [0.25, 0.3) is 21.8 Å². The van der Waals surface area contributed by atoms with Gasteiger partial charge in [0.1, 0.15) is 0 Å². The molecule has 0 fully saturated rings. The highest BCUT2D eigenvalue weighted by atomic mass is 16.1. The molecule has 0 saturated carbocycles. The third kappa shape index (κ3) is 3.14. The Labute approximate surface area is 135 Å². The molecule has 0 aliphatic heterocycles. The molecule has 0 saturated heterocycles. The maximum Gasteiger partial charge on any atom is 0.163 e. The molecule has 1 heterocycles. The molecule has 0 aliphatic carbocycles. The lowest BCUT2D eigenvalue weighted by Gasteiger charge is -2.08. The van der Waals surface area contributed by atoms with Gasteiger partial charge in [0.15, 0.2) is 12.1 Å². The zero-order valence-electron chi connectivity index (χ0n) is 13.2. The normalized spacial score (nSPS) is 11.0. The summed E-state index contributed by atoms with van der Waals surface area (Å²) < 4.78 is 0. The number of rotatable bonds is 6. The molecule has 2 aromatic carbocycles. The van der Waals surface area contributed by atoms with Crippen molar-refractivity contribution in [2.24, 2.45) is 0 Å². The van der Waals surface area contributed by atoms with Crippen molar-refractivity contribution in [1.29, 1.82) is 0 Å². The average Bonchev–Trinajstić information content (AvgIpc) is 2.58. The lowest BCUT2D eigenvalue weighted by molar-refractivity contribution is 0.0973. The lowest BCUT2D eigenvalue weighted by atomic mass is 9.97. The zero-order valence-corrected chi connectivity index (χ0v) is 13.2. The average molecular weight is 305 g/mol. The molecular weight excluding hydrogens is 286 g/mol. The number of aldehydes is 1. The third-order valence-electron chi connectivity index (χ3n) is 4.12. The second-order valence-corrected chi connectivity index (χ2v) is 5.81. The summed E-state index contributed by atoms with van der Waals surface area (Å²) in [6.45, 7) is 2.10. The first-order valence-corrected chi connectivity index (χ1v) is 8.05. The number of Topliss-reactive ketones (excluding diaryl/α,β-unsaturated/α-hetero) is 1. The Bertz CT molecular complexity index is 883. The van der Waals surface area contributed by atoms with Crippen LogP contribution in [-0.2, 0) is 0 Å². The SMILES string of the molecule is CCCCCC(=O)c1cc2nc3ccccc3cc2cc1C=O. The molecule has 0 radical (unpaired) electrons. The quantitative estimate of drug-likeness (QED) is 0.280. The molecule has 0 spiro atoms. The van der Waals surface area contributed by atoms with Crippen LogP contribution in [0.2, 0.25) is 0 Å². The van der Waals surface area contributed by atoms with Crippen LogP contribution in [0.3, 0.4) is 0 Å². The standard InChI is InChI=1S/C20H19NO2/c1-2-3-4-9-20(23)17-12-19-15(11-16(17)13-22)10-14-7-5-6-8-18(14)21-19/h5-8,10-13H,2-4,9H2,1H3. The molecule has 1 aromatic heterocycles. The van der Waals surface area contributed by atoms with Crippen LogP contribution in [0.1, 0.15) is 53.3 Å². The first kappa shape index (κ1) is 15.3. The molecule has 0 aliphatic rings. The maximum absolute atomic E-state index is 12.4. The lowest BCUT2D eigenvalue weighted by Crippen LogP contribution is -2.04. The van der Waals surface area contributed by atoms with Crippen molar-refractivity contribution in [1.82, 2.24) is 4.98 Å². The minimum atomic E-state index is 0.0254. The van der Waals surface area contributed by atoms with Gasteiger partial charge in [0, 0.05) is 28.3 Å². The summed E-state index contributed by atoms with van der Waals surface area (Å²) in [7, 11) is 0. The molecule has 3 heteroatoms. The molecular formula is C20H19NO2. The molecule has 23 heavy (non-hydrogen) atoms. The van der Waals surface area contributed by atoms with Gasteiger partial charge in [-0.1, -0.05) is 38.0 Å². The number of carbonyl (C=O) groups excluding carboxylic acids is 2. The Morgan fingerprint density at radius 3 is 2.65 bits per heavy atom. The zero-order chi connectivity index (χ0) is 16.2. The highest BCUT2D eigenvalue weighted by molar-refractivity contribution is 6.07. The summed E-state index contributed by atoms with van der Waals surface area (Å²) in [4.78, 5) is 28.4. The Morgan fingerprint density at radius 2 is 1.87 bits per heavy atom. The van der Waals surface area contributed by atoms with Gasteiger partial charge < -0.3 is 0 Å². The van der Waals surface area contributed by atoms with Crippen molar-refractivity contribution >= 4 is 33.9 Å². The molecule has 3 aromatic rings. The fraction of sp³-hybridized carbons (Fsp3) is 0.250. The van der Waals surface area contributed by atoms with Crippen LogP contribution in [0.15, 0.2) is 42.5 Å². The van der Waals surface area contributed by atoms with Crippen LogP contribution < -0.4 is 0 Å². The van der Waals surface area contributed by atoms with E-state index in [1.54, 1.807) is 12.1 Å². The topological polar surface area (TPSA) is 47.0 Å². The van der Waals surface area contributed by atoms with E-state index in [2.05, 4.69) is 11.9 Å². The van der Waals surface area contributed by atoms with Gasteiger partial charge in [0.2, 0.25) is 0 Å². The number of para-hydroxylation sites is 1. The van der Waals surface area contributed by atoms with E-state index in [1.165, 1.54) is 0 Å². The molecule has 116 valence electrons. The minimum absolute atomic E-state index is 0.0254. The number of pyridine rings is 1. The van der Waals surface area contributed by atoms with E-state index >= 15 is 0 Å². The van der Waals surface area contributed by atoms with E-state index in [1.807, 2.05) is 30.3 Å². The van der Waals surface area contributed by atoms with Gasteiger partial charge >= 0.3 is 0 Å². The number of carbonyl (C=O) groups is 2. The molecule has 3 nitrogen and oxygen atoms in total. The van der Waals surface area contributed by atoms with Crippen LogP contribution in [0.4, 0.5) is 0 Å². The number of aromatic nitrogens is 1. The number of hydrogen-bond acceptors (Lipinski definition) is 3. The largest absolute Gasteiger partial charge is 0.298 e. The van der Waals surface area contributed by atoms with E-state index in [9.17, 15) is 9.59 Å². The van der Waals surface area contributed by atoms with Crippen molar-refractivity contribution in [3.8, 4) is 0 Å². The van der Waals surface area contributed by atoms with Crippen LogP contribution in [-0.4, -0.2) is 17.1 Å². The third-order valence-corrected chi connectivity index (χ3v) is 4.12. The van der Waals surface area contributed by atoms with Crippen molar-refractivity contribution in [2.45, 2.75) is 32.6 Å². The van der Waals surface area contributed by atoms with Crippen LogP contribution in [0.5, 0.6) is 0 Å². The molecule has 0 unspecified atom stereocenters. The molecule has 0 N–H and O–H groups in total. The maximum atomic E-state index is 12.4. The van der Waals surface area contributed by atoms with E-state index in [0.717, 1.165) is 47.4 Å². The molecule has 0 amide bonds. The van der Waals surface area contributed by atoms with Gasteiger partial charge in [-0.3, -0.25) is 9.59 Å². The van der Waals surface area contributed by atoms with Crippen LogP contribution >= 0.6 is 0 Å². The summed E-state index contributed by atoms with van der Waals surface area (Å²) in [5.74, 6) is 0.0254. The fourth-order valence-corrected chi connectivity index (χ4v) is 2.85. The minimum Gasteiger partial charge on any atom is -0.298 e. The predicted molar refractivity (Wildman–Crippen MR) is 93.1 cm³/mol. The van der Waals surface area contributed by atoms with E-state index in [4.69, 9.17) is 0 Å². The molecule has 0 bridgehead atoms. The molecule has 3 rings (SSSR count). The summed E-state index contributed by atoms with van der Waals surface area (Å²) in [6, 6.07) is 13.4. The first-order chi connectivity index (χ1) is 11.2. The Balaban J connectivity index is 2.08. The highest BCUT2D eigenvalue weighted by Gasteiger charge is 2.13. The predicted octanol–water partition coefficient (Wildman–Crippen LogP) is 4.96. The van der Waals surface area contributed by atoms with E-state index < -0.39 is 0 Å². The van der Waals surface area contributed by atoms with Gasteiger partial charge in [-0.2, -0.15) is 0 Å². The second kappa shape index (κ2) is 6.69. The fourth-order valence-electron chi connectivity index (χ4n) is 2.85. The van der Waals surface area contributed by atoms with Crippen molar-refractivity contribution < 1.29 is 9.59 Å². The monoisotopic (exact) mass is 305 g/mol. The van der Waals surface area contributed by atoms with Gasteiger partial charge in [0.05, 0.1) is 11.0 Å². The van der Waals surface area contributed by atoms with Crippen molar-refractivity contribution in [2.75, 3.05) is 0 Å². The smallest absolute Gasteiger partial charge is 0.163 e. The molecule has 0 atom stereocenters. The van der Waals surface area contributed by atoms with Crippen molar-refractivity contribution in [3.63, 3.8) is 0 Å². The van der Waals surface area contributed by atoms with E-state index in [0.29, 0.717) is 17.5 Å². The van der Waals surface area contributed by atoms with Gasteiger partial charge in [-0.05, 0) is 30.7 Å². The van der Waals surface area contributed by atoms with Gasteiger partial charge in [-0.25, -0.2) is 4.98 Å². The summed E-state index contributed by atoms with van der Waals surface area (Å²) in [5, 5.41) is 1.91. The number of fused-ring (bicyclic) bond motifs is 2. The number of benzene rings is 2. The summed E-state index contributed by atoms with van der Waals surface area (Å²) >= 11 is 0.